The molecular formula is C8H11N3O2S. The second-order valence-electron chi connectivity index (χ2n) is 3.15. The number of aromatic nitrogens is 2. The summed E-state index contributed by atoms with van der Waals surface area (Å²) >= 11 is 1.60. The molecule has 0 aliphatic carbocycles. The van der Waals surface area contributed by atoms with Gasteiger partial charge in [-0.15, -0.1) is 11.8 Å². The quantitative estimate of drug-likeness (QED) is 0.735. The summed E-state index contributed by atoms with van der Waals surface area (Å²) in [5, 5.41) is 15.9. The first-order valence-corrected chi connectivity index (χ1v) is 5.31. The van der Waals surface area contributed by atoms with Crippen LogP contribution in [0.4, 0.5) is 0 Å². The number of carboxylic acids is 1. The van der Waals surface area contributed by atoms with Crippen LogP contribution in [0.15, 0.2) is 12.3 Å². The number of nitrogens with one attached hydrogen (secondary N) is 1. The van der Waals surface area contributed by atoms with Crippen molar-refractivity contribution in [3.8, 4) is 0 Å². The van der Waals surface area contributed by atoms with Gasteiger partial charge in [0.2, 0.25) is 0 Å². The molecule has 2 atom stereocenters. The summed E-state index contributed by atoms with van der Waals surface area (Å²) in [4.78, 5) is 10.7. The number of hydrogen-bond donors (Lipinski definition) is 2. The smallest absolute Gasteiger partial charge is 0.321 e. The Kier molecular flexibility index (Phi) is 2.47. The maximum atomic E-state index is 10.7. The summed E-state index contributed by atoms with van der Waals surface area (Å²) in [5.41, 5.74) is 1.01. The van der Waals surface area contributed by atoms with E-state index in [2.05, 4.69) is 10.4 Å². The van der Waals surface area contributed by atoms with Crippen LogP contribution in [0.3, 0.4) is 0 Å². The van der Waals surface area contributed by atoms with Gasteiger partial charge >= 0.3 is 5.97 Å². The first-order chi connectivity index (χ1) is 6.68. The largest absolute Gasteiger partial charge is 0.480 e. The maximum Gasteiger partial charge on any atom is 0.321 e. The Morgan fingerprint density at radius 2 is 2.64 bits per heavy atom. The summed E-state index contributed by atoms with van der Waals surface area (Å²) in [7, 11) is 1.85. The Morgan fingerprint density at radius 3 is 3.14 bits per heavy atom. The van der Waals surface area contributed by atoms with Crippen molar-refractivity contribution in [2.75, 3.05) is 5.75 Å². The molecule has 1 aromatic rings. The van der Waals surface area contributed by atoms with E-state index in [1.807, 2.05) is 13.1 Å². The first kappa shape index (κ1) is 9.54. The number of nitrogens with zero attached hydrogens (tertiary/aromatic N) is 2. The third kappa shape index (κ3) is 1.62. The van der Waals surface area contributed by atoms with Crippen molar-refractivity contribution < 1.29 is 9.90 Å². The molecule has 1 aliphatic heterocycles. The lowest BCUT2D eigenvalue weighted by molar-refractivity contribution is -0.138. The van der Waals surface area contributed by atoms with Crippen LogP contribution in [-0.2, 0) is 11.8 Å². The molecule has 0 bridgehead atoms. The molecule has 0 radical (unpaired) electrons. The Balaban J connectivity index is 2.10. The average Bonchev–Trinajstić information content (AvgIpc) is 2.71. The van der Waals surface area contributed by atoms with Gasteiger partial charge < -0.3 is 5.11 Å². The third-order valence-corrected chi connectivity index (χ3v) is 3.44. The molecule has 14 heavy (non-hydrogen) atoms. The normalized spacial score (nSPS) is 26.6. The topological polar surface area (TPSA) is 67.2 Å². The van der Waals surface area contributed by atoms with Crippen molar-refractivity contribution in [2.24, 2.45) is 7.05 Å². The Bertz CT molecular complexity index is 352. The molecule has 0 saturated carbocycles. The molecule has 1 fully saturated rings. The van der Waals surface area contributed by atoms with Gasteiger partial charge in [0.1, 0.15) is 6.04 Å². The van der Waals surface area contributed by atoms with Gasteiger partial charge in [0, 0.05) is 19.0 Å². The van der Waals surface area contributed by atoms with Crippen LogP contribution in [0.5, 0.6) is 0 Å². The van der Waals surface area contributed by atoms with Gasteiger partial charge in [0.25, 0.3) is 0 Å². The molecule has 1 aliphatic rings. The highest BCUT2D eigenvalue weighted by molar-refractivity contribution is 7.99. The van der Waals surface area contributed by atoms with E-state index in [9.17, 15) is 4.79 Å². The predicted molar refractivity (Wildman–Crippen MR) is 53.0 cm³/mol. The first-order valence-electron chi connectivity index (χ1n) is 4.27. The van der Waals surface area contributed by atoms with Crippen molar-refractivity contribution in [3.63, 3.8) is 0 Å². The van der Waals surface area contributed by atoms with Crippen LogP contribution in [0.2, 0.25) is 0 Å². The molecule has 0 spiro atoms. The SMILES string of the molecule is Cn1nccc1[C@H]1N[C@@H](C(=O)O)CS1. The van der Waals surface area contributed by atoms with Crippen LogP contribution in [0.25, 0.3) is 0 Å². The van der Waals surface area contributed by atoms with Crippen LogP contribution in [0, 0.1) is 0 Å². The summed E-state index contributed by atoms with van der Waals surface area (Å²) in [6.45, 7) is 0. The number of carboxylic acid groups (broad SMARTS) is 1. The molecule has 0 amide bonds. The fourth-order valence-corrected chi connectivity index (χ4v) is 2.71. The molecule has 0 aromatic carbocycles. The monoisotopic (exact) mass is 213 g/mol. The molecule has 76 valence electrons. The minimum absolute atomic E-state index is 0.0450. The van der Waals surface area contributed by atoms with Gasteiger partial charge in [0.05, 0.1) is 11.1 Å². The van der Waals surface area contributed by atoms with Crippen molar-refractivity contribution in [1.82, 2.24) is 15.1 Å². The zero-order valence-corrected chi connectivity index (χ0v) is 8.49. The summed E-state index contributed by atoms with van der Waals surface area (Å²) in [6, 6.07) is 1.45. The fraction of sp³-hybridized carbons (Fsp3) is 0.500. The van der Waals surface area contributed by atoms with Crippen LogP contribution < -0.4 is 5.32 Å². The summed E-state index contributed by atoms with van der Waals surface area (Å²) in [6.07, 6.45) is 1.71. The van der Waals surface area contributed by atoms with Gasteiger partial charge in [0.15, 0.2) is 0 Å². The van der Waals surface area contributed by atoms with Gasteiger partial charge in [-0.2, -0.15) is 5.10 Å². The number of hydrogen-bond acceptors (Lipinski definition) is 4. The zero-order valence-electron chi connectivity index (χ0n) is 7.67. The van der Waals surface area contributed by atoms with E-state index in [-0.39, 0.29) is 5.37 Å². The van der Waals surface area contributed by atoms with E-state index in [0.29, 0.717) is 5.75 Å². The highest BCUT2D eigenvalue weighted by Gasteiger charge is 2.31. The lowest BCUT2D eigenvalue weighted by atomic mass is 10.3. The number of aliphatic carboxylic acids is 1. The standard InChI is InChI=1S/C8H11N3O2S/c1-11-6(2-3-9-11)7-10-5(4-14-7)8(12)13/h2-3,5,7,10H,4H2,1H3,(H,12,13)/t5-,7+/m1/s1. The Hall–Kier alpha value is -1.01. The van der Waals surface area contributed by atoms with Crippen LogP contribution in [0.1, 0.15) is 11.1 Å². The maximum absolute atomic E-state index is 10.7. The number of carbonyl (C=O) groups is 1. The van der Waals surface area contributed by atoms with Gasteiger partial charge in [-0.25, -0.2) is 0 Å². The van der Waals surface area contributed by atoms with E-state index >= 15 is 0 Å². The van der Waals surface area contributed by atoms with Crippen molar-refractivity contribution >= 4 is 17.7 Å². The molecule has 1 aromatic heterocycles. The van der Waals surface area contributed by atoms with Crippen molar-refractivity contribution in [3.05, 3.63) is 18.0 Å². The lowest BCUT2D eigenvalue weighted by Crippen LogP contribution is -2.34. The second kappa shape index (κ2) is 3.62. The summed E-state index contributed by atoms with van der Waals surface area (Å²) < 4.78 is 1.76. The molecule has 0 unspecified atom stereocenters. The summed E-state index contributed by atoms with van der Waals surface area (Å²) in [5.74, 6) is -0.187. The molecule has 6 heteroatoms. The molecule has 5 nitrogen and oxygen atoms in total. The molecule has 2 N–H and O–H groups in total. The average molecular weight is 213 g/mol. The van der Waals surface area contributed by atoms with Gasteiger partial charge in [-0.05, 0) is 6.07 Å². The highest BCUT2D eigenvalue weighted by atomic mass is 32.2. The minimum atomic E-state index is -0.790. The number of rotatable bonds is 2. The van der Waals surface area contributed by atoms with Gasteiger partial charge in [-0.1, -0.05) is 0 Å². The number of aryl methyl sites for hydroxylation is 1. The Labute approximate surface area is 85.5 Å². The van der Waals surface area contributed by atoms with Crippen molar-refractivity contribution in [2.45, 2.75) is 11.4 Å². The molecular weight excluding hydrogens is 202 g/mol. The number of thioether (sulfide) groups is 1. The fourth-order valence-electron chi connectivity index (χ4n) is 1.43. The van der Waals surface area contributed by atoms with Crippen molar-refractivity contribution in [1.29, 1.82) is 0 Å². The highest BCUT2D eigenvalue weighted by Crippen LogP contribution is 2.32. The molecule has 2 rings (SSSR count). The van der Waals surface area contributed by atoms with E-state index in [1.165, 1.54) is 0 Å². The zero-order chi connectivity index (χ0) is 10.1. The molecule has 1 saturated heterocycles. The van der Waals surface area contributed by atoms with E-state index in [1.54, 1.807) is 22.6 Å². The van der Waals surface area contributed by atoms with E-state index < -0.39 is 12.0 Å². The van der Waals surface area contributed by atoms with Gasteiger partial charge in [-0.3, -0.25) is 14.8 Å². The lowest BCUT2D eigenvalue weighted by Gasteiger charge is -2.10. The third-order valence-electron chi connectivity index (χ3n) is 2.21. The predicted octanol–water partition coefficient (Wildman–Crippen LogP) is 0.208. The van der Waals surface area contributed by atoms with Crippen LogP contribution >= 0.6 is 11.8 Å². The minimum Gasteiger partial charge on any atom is -0.480 e. The second-order valence-corrected chi connectivity index (χ2v) is 4.29. The van der Waals surface area contributed by atoms with E-state index in [4.69, 9.17) is 5.11 Å². The van der Waals surface area contributed by atoms with E-state index in [0.717, 1.165) is 5.69 Å². The molecule has 2 heterocycles. The Morgan fingerprint density at radius 1 is 1.86 bits per heavy atom. The van der Waals surface area contributed by atoms with Crippen LogP contribution in [-0.4, -0.2) is 32.7 Å².